The summed E-state index contributed by atoms with van der Waals surface area (Å²) in [4.78, 5) is 12.8. The normalized spacial score (nSPS) is 12.5. The van der Waals surface area contributed by atoms with Gasteiger partial charge in [0, 0.05) is 24.6 Å². The predicted molar refractivity (Wildman–Crippen MR) is 87.6 cm³/mol. The van der Waals surface area contributed by atoms with Crippen molar-refractivity contribution in [2.45, 2.75) is 6.10 Å². The highest BCUT2D eigenvalue weighted by atomic mass is 35.5. The van der Waals surface area contributed by atoms with Gasteiger partial charge in [0.1, 0.15) is 6.10 Å². The molecule has 0 bridgehead atoms. The minimum atomic E-state index is -0.184. The first-order valence-corrected chi connectivity index (χ1v) is 7.67. The fraction of sp³-hybridized carbons (Fsp3) is 0.188. The first-order chi connectivity index (χ1) is 10.2. The van der Waals surface area contributed by atoms with E-state index in [-0.39, 0.29) is 12.0 Å². The van der Waals surface area contributed by atoms with Crippen LogP contribution in [0.5, 0.6) is 0 Å². The molecule has 1 aromatic carbocycles. The Bertz CT molecular complexity index is 610. The van der Waals surface area contributed by atoms with Crippen LogP contribution in [0.2, 0.25) is 4.34 Å². The molecule has 0 radical (unpaired) electrons. The average Bonchev–Trinajstić information content (AvgIpc) is 2.93. The van der Waals surface area contributed by atoms with Gasteiger partial charge in [-0.1, -0.05) is 41.9 Å². The summed E-state index contributed by atoms with van der Waals surface area (Å²) in [5.74, 6) is -0.149. The van der Waals surface area contributed by atoms with E-state index in [9.17, 15) is 4.79 Å². The van der Waals surface area contributed by atoms with E-state index < -0.39 is 0 Å². The second-order valence-electron chi connectivity index (χ2n) is 4.36. The molecule has 1 unspecified atom stereocenters. The van der Waals surface area contributed by atoms with E-state index >= 15 is 0 Å². The maximum Gasteiger partial charge on any atom is 0.244 e. The summed E-state index contributed by atoms with van der Waals surface area (Å²) in [6.45, 7) is 0.408. The van der Waals surface area contributed by atoms with Crippen LogP contribution in [0.4, 0.5) is 0 Å². The summed E-state index contributed by atoms with van der Waals surface area (Å²) in [6.07, 6.45) is 3.11. The molecular formula is C16H16ClNO2S. The van der Waals surface area contributed by atoms with Crippen LogP contribution in [0.3, 0.4) is 0 Å². The lowest BCUT2D eigenvalue weighted by molar-refractivity contribution is -0.117. The molecule has 0 saturated carbocycles. The molecule has 1 N–H and O–H groups in total. The van der Waals surface area contributed by atoms with Gasteiger partial charge in [0.2, 0.25) is 5.91 Å². The fourth-order valence-electron chi connectivity index (χ4n) is 1.79. The summed E-state index contributed by atoms with van der Waals surface area (Å²) in [7, 11) is 1.62. The van der Waals surface area contributed by atoms with E-state index in [1.54, 1.807) is 13.2 Å². The summed E-state index contributed by atoms with van der Waals surface area (Å²) in [5.41, 5.74) is 0.987. The highest BCUT2D eigenvalue weighted by Crippen LogP contribution is 2.28. The first kappa shape index (κ1) is 15.8. The van der Waals surface area contributed by atoms with E-state index in [2.05, 4.69) is 5.32 Å². The van der Waals surface area contributed by atoms with E-state index in [4.69, 9.17) is 16.3 Å². The van der Waals surface area contributed by atoms with Gasteiger partial charge >= 0.3 is 0 Å². The standard InChI is InChI=1S/C16H16ClNO2S/c1-20-13(14-8-9-15(17)21-14)11-18-16(19)10-7-12-5-3-2-4-6-12/h2-10,13H,11H2,1H3,(H,18,19)/b10-7+. The van der Waals surface area contributed by atoms with Gasteiger partial charge in [-0.05, 0) is 23.8 Å². The molecule has 1 aromatic heterocycles. The third-order valence-corrected chi connectivity index (χ3v) is 4.21. The highest BCUT2D eigenvalue weighted by Gasteiger charge is 2.13. The molecule has 0 aliphatic carbocycles. The molecule has 0 spiro atoms. The Balaban J connectivity index is 1.86. The fourth-order valence-corrected chi connectivity index (χ4v) is 2.93. The van der Waals surface area contributed by atoms with Crippen molar-refractivity contribution >= 4 is 34.9 Å². The quantitative estimate of drug-likeness (QED) is 0.819. The monoisotopic (exact) mass is 321 g/mol. The number of carbonyl (C=O) groups is 1. The van der Waals surface area contributed by atoms with E-state index in [1.165, 1.54) is 17.4 Å². The third kappa shape index (κ3) is 5.01. The number of nitrogens with one attached hydrogen (secondary N) is 1. The van der Waals surface area contributed by atoms with Crippen molar-refractivity contribution in [3.05, 3.63) is 63.3 Å². The van der Waals surface area contributed by atoms with Gasteiger partial charge in [-0.25, -0.2) is 0 Å². The zero-order valence-corrected chi connectivity index (χ0v) is 13.2. The molecule has 2 rings (SSSR count). The van der Waals surface area contributed by atoms with Crippen molar-refractivity contribution in [1.82, 2.24) is 5.32 Å². The van der Waals surface area contributed by atoms with Gasteiger partial charge in [-0.2, -0.15) is 0 Å². The summed E-state index contributed by atoms with van der Waals surface area (Å²) in [5, 5.41) is 2.82. The molecule has 3 nitrogen and oxygen atoms in total. The Morgan fingerprint density at radius 3 is 2.71 bits per heavy atom. The van der Waals surface area contributed by atoms with Gasteiger partial charge in [0.25, 0.3) is 0 Å². The summed E-state index contributed by atoms with van der Waals surface area (Å²) < 4.78 is 6.09. The maximum atomic E-state index is 11.8. The Kier molecular flexibility index (Phi) is 5.99. The smallest absolute Gasteiger partial charge is 0.244 e. The van der Waals surface area contributed by atoms with Gasteiger partial charge in [0.15, 0.2) is 0 Å². The molecule has 1 amide bonds. The number of amides is 1. The van der Waals surface area contributed by atoms with Crippen LogP contribution < -0.4 is 5.32 Å². The minimum Gasteiger partial charge on any atom is -0.374 e. The van der Waals surface area contributed by atoms with Crippen LogP contribution in [0.1, 0.15) is 16.5 Å². The molecule has 1 atom stereocenters. The van der Waals surface area contributed by atoms with E-state index in [0.717, 1.165) is 10.4 Å². The maximum absolute atomic E-state index is 11.8. The van der Waals surface area contributed by atoms with Gasteiger partial charge in [-0.15, -0.1) is 11.3 Å². The largest absolute Gasteiger partial charge is 0.374 e. The second-order valence-corrected chi connectivity index (χ2v) is 6.10. The molecule has 5 heteroatoms. The van der Waals surface area contributed by atoms with Gasteiger partial charge in [-0.3, -0.25) is 4.79 Å². The van der Waals surface area contributed by atoms with Crippen molar-refractivity contribution in [2.24, 2.45) is 0 Å². The lowest BCUT2D eigenvalue weighted by Gasteiger charge is -2.13. The SMILES string of the molecule is COC(CNC(=O)/C=C/c1ccccc1)c1ccc(Cl)s1. The molecular weight excluding hydrogens is 306 g/mol. The number of rotatable bonds is 6. The topological polar surface area (TPSA) is 38.3 Å². The second kappa shape index (κ2) is 7.98. The lowest BCUT2D eigenvalue weighted by atomic mass is 10.2. The molecule has 0 aliphatic heterocycles. The van der Waals surface area contributed by atoms with E-state index in [1.807, 2.05) is 42.5 Å². The Labute approximate surface area is 133 Å². The highest BCUT2D eigenvalue weighted by molar-refractivity contribution is 7.16. The summed E-state index contributed by atoms with van der Waals surface area (Å²) >= 11 is 7.36. The zero-order valence-electron chi connectivity index (χ0n) is 11.6. The molecule has 110 valence electrons. The third-order valence-electron chi connectivity index (χ3n) is 2.88. The van der Waals surface area contributed by atoms with Crippen LogP contribution in [0.15, 0.2) is 48.5 Å². The van der Waals surface area contributed by atoms with Crippen LogP contribution in [0.25, 0.3) is 6.08 Å². The van der Waals surface area contributed by atoms with Crippen molar-refractivity contribution in [1.29, 1.82) is 0 Å². The number of thiophene rings is 1. The lowest BCUT2D eigenvalue weighted by Crippen LogP contribution is -2.27. The molecule has 0 aliphatic rings. The zero-order chi connectivity index (χ0) is 15.1. The number of ether oxygens (including phenoxy) is 1. The molecule has 0 saturated heterocycles. The number of hydrogen-bond acceptors (Lipinski definition) is 3. The van der Waals surface area contributed by atoms with Crippen LogP contribution in [-0.2, 0) is 9.53 Å². The number of carbonyl (C=O) groups excluding carboxylic acids is 1. The number of hydrogen-bond donors (Lipinski definition) is 1. The Hall–Kier alpha value is -1.62. The number of methoxy groups -OCH3 is 1. The molecule has 21 heavy (non-hydrogen) atoms. The van der Waals surface area contributed by atoms with Gasteiger partial charge < -0.3 is 10.1 Å². The van der Waals surface area contributed by atoms with Crippen LogP contribution in [-0.4, -0.2) is 19.6 Å². The Morgan fingerprint density at radius 1 is 1.33 bits per heavy atom. The van der Waals surface area contributed by atoms with Crippen molar-refractivity contribution < 1.29 is 9.53 Å². The number of benzene rings is 1. The first-order valence-electron chi connectivity index (χ1n) is 6.48. The number of halogens is 1. The molecule has 0 fully saturated rings. The van der Waals surface area contributed by atoms with Crippen molar-refractivity contribution in [3.8, 4) is 0 Å². The van der Waals surface area contributed by atoms with Crippen molar-refractivity contribution in [2.75, 3.05) is 13.7 Å². The van der Waals surface area contributed by atoms with Crippen molar-refractivity contribution in [3.63, 3.8) is 0 Å². The molecule has 2 aromatic rings. The van der Waals surface area contributed by atoms with E-state index in [0.29, 0.717) is 10.9 Å². The summed E-state index contributed by atoms with van der Waals surface area (Å²) in [6, 6.07) is 13.4. The molecule has 1 heterocycles. The van der Waals surface area contributed by atoms with Crippen LogP contribution in [0, 0.1) is 0 Å². The Morgan fingerprint density at radius 2 is 2.10 bits per heavy atom. The predicted octanol–water partition coefficient (Wildman–Crippen LogP) is 3.92. The van der Waals surface area contributed by atoms with Gasteiger partial charge in [0.05, 0.1) is 4.34 Å². The van der Waals surface area contributed by atoms with Crippen LogP contribution >= 0.6 is 22.9 Å². The average molecular weight is 322 g/mol. The minimum absolute atomic E-state index is 0.149.